The van der Waals surface area contributed by atoms with Crippen LogP contribution in [-0.4, -0.2) is 45.2 Å². The Kier molecular flexibility index (Phi) is 6.01. The molecule has 0 aliphatic carbocycles. The Bertz CT molecular complexity index is 542. The van der Waals surface area contributed by atoms with Gasteiger partial charge in [-0.15, -0.1) is 0 Å². The largest absolute Gasteiger partial charge is 0.352 e. The Morgan fingerprint density at radius 3 is 2.91 bits per heavy atom. The van der Waals surface area contributed by atoms with Gasteiger partial charge in [0.05, 0.1) is 18.8 Å². The number of nitrogens with one attached hydrogen (secondary N) is 1. The molecule has 0 aromatic carbocycles. The SMILES string of the molecule is CCCC[C@H](NC(N)=O)C(=O)N1CCC[C@H]1Cn1cc(C)cn1. The highest BCUT2D eigenvalue weighted by atomic mass is 16.2. The first-order valence-corrected chi connectivity index (χ1v) is 8.36. The van der Waals surface area contributed by atoms with E-state index in [2.05, 4.69) is 17.3 Å². The van der Waals surface area contributed by atoms with E-state index in [0.29, 0.717) is 13.0 Å². The van der Waals surface area contributed by atoms with E-state index < -0.39 is 12.1 Å². The van der Waals surface area contributed by atoms with Gasteiger partial charge in [0.25, 0.3) is 0 Å². The fourth-order valence-corrected chi connectivity index (χ4v) is 3.14. The number of urea groups is 1. The zero-order chi connectivity index (χ0) is 16.8. The quantitative estimate of drug-likeness (QED) is 0.795. The number of amides is 3. The highest BCUT2D eigenvalue weighted by Gasteiger charge is 2.33. The summed E-state index contributed by atoms with van der Waals surface area (Å²) < 4.78 is 1.88. The Morgan fingerprint density at radius 1 is 1.52 bits per heavy atom. The van der Waals surface area contributed by atoms with Crippen molar-refractivity contribution in [2.45, 2.75) is 64.6 Å². The fourth-order valence-electron chi connectivity index (χ4n) is 3.14. The molecule has 0 spiro atoms. The van der Waals surface area contributed by atoms with Crippen molar-refractivity contribution < 1.29 is 9.59 Å². The minimum absolute atomic E-state index is 0.0244. The summed E-state index contributed by atoms with van der Waals surface area (Å²) in [6.45, 7) is 5.48. The predicted octanol–water partition coefficient (Wildman–Crippen LogP) is 1.41. The second kappa shape index (κ2) is 7.99. The number of nitrogens with two attached hydrogens (primary N) is 1. The van der Waals surface area contributed by atoms with Crippen LogP contribution in [0.4, 0.5) is 4.79 Å². The van der Waals surface area contributed by atoms with Gasteiger partial charge in [0.1, 0.15) is 6.04 Å². The average molecular weight is 321 g/mol. The molecular weight excluding hydrogens is 294 g/mol. The molecule has 7 nitrogen and oxygen atoms in total. The topological polar surface area (TPSA) is 93.2 Å². The lowest BCUT2D eigenvalue weighted by molar-refractivity contribution is -0.134. The van der Waals surface area contributed by atoms with Crippen LogP contribution in [0.15, 0.2) is 12.4 Å². The number of likely N-dealkylation sites (tertiary alicyclic amines) is 1. The molecule has 128 valence electrons. The van der Waals surface area contributed by atoms with Crippen molar-refractivity contribution in [1.29, 1.82) is 0 Å². The molecule has 1 aromatic heterocycles. The Morgan fingerprint density at radius 2 is 2.30 bits per heavy atom. The van der Waals surface area contributed by atoms with Crippen LogP contribution in [0.2, 0.25) is 0 Å². The average Bonchev–Trinajstić information content (AvgIpc) is 3.12. The molecule has 23 heavy (non-hydrogen) atoms. The van der Waals surface area contributed by atoms with E-state index in [1.165, 1.54) is 0 Å². The molecule has 1 fully saturated rings. The molecule has 2 heterocycles. The lowest BCUT2D eigenvalue weighted by Gasteiger charge is -2.29. The van der Waals surface area contributed by atoms with Gasteiger partial charge in [0, 0.05) is 12.7 Å². The molecule has 0 saturated carbocycles. The maximum Gasteiger partial charge on any atom is 0.312 e. The molecule has 1 saturated heterocycles. The fraction of sp³-hybridized carbons (Fsp3) is 0.688. The predicted molar refractivity (Wildman–Crippen MR) is 87.7 cm³/mol. The van der Waals surface area contributed by atoms with E-state index in [9.17, 15) is 9.59 Å². The minimum atomic E-state index is -0.641. The maximum atomic E-state index is 12.8. The molecule has 0 radical (unpaired) electrons. The van der Waals surface area contributed by atoms with Gasteiger partial charge in [-0.3, -0.25) is 9.48 Å². The van der Waals surface area contributed by atoms with Gasteiger partial charge >= 0.3 is 6.03 Å². The van der Waals surface area contributed by atoms with Gasteiger partial charge in [-0.2, -0.15) is 5.10 Å². The number of primary amides is 1. The second-order valence-electron chi connectivity index (χ2n) is 6.27. The van der Waals surface area contributed by atoms with Crippen molar-refractivity contribution in [1.82, 2.24) is 20.0 Å². The summed E-state index contributed by atoms with van der Waals surface area (Å²) in [4.78, 5) is 25.9. The summed E-state index contributed by atoms with van der Waals surface area (Å²) in [7, 11) is 0. The van der Waals surface area contributed by atoms with Crippen LogP contribution < -0.4 is 11.1 Å². The molecule has 2 atom stereocenters. The van der Waals surface area contributed by atoms with E-state index in [-0.39, 0.29) is 11.9 Å². The summed E-state index contributed by atoms with van der Waals surface area (Å²) in [5.41, 5.74) is 6.34. The van der Waals surface area contributed by atoms with Crippen LogP contribution in [0.3, 0.4) is 0 Å². The third-order valence-electron chi connectivity index (χ3n) is 4.28. The number of aromatic nitrogens is 2. The lowest BCUT2D eigenvalue weighted by Crippen LogP contribution is -2.52. The van der Waals surface area contributed by atoms with Crippen molar-refractivity contribution >= 4 is 11.9 Å². The van der Waals surface area contributed by atoms with Crippen LogP contribution >= 0.6 is 0 Å². The zero-order valence-electron chi connectivity index (χ0n) is 14.0. The number of rotatable bonds is 7. The first-order valence-electron chi connectivity index (χ1n) is 8.36. The summed E-state index contributed by atoms with van der Waals surface area (Å²) >= 11 is 0. The first kappa shape index (κ1) is 17.3. The normalized spacial score (nSPS) is 18.9. The van der Waals surface area contributed by atoms with Crippen LogP contribution in [0, 0.1) is 6.92 Å². The van der Waals surface area contributed by atoms with Gasteiger partial charge in [0.15, 0.2) is 0 Å². The van der Waals surface area contributed by atoms with Crippen LogP contribution in [0.5, 0.6) is 0 Å². The lowest BCUT2D eigenvalue weighted by atomic mass is 10.1. The summed E-state index contributed by atoms with van der Waals surface area (Å²) in [6, 6.07) is -1.04. The molecule has 2 rings (SSSR count). The van der Waals surface area contributed by atoms with Crippen LogP contribution in [-0.2, 0) is 11.3 Å². The van der Waals surface area contributed by atoms with Gasteiger partial charge in [-0.05, 0) is 31.7 Å². The maximum absolute atomic E-state index is 12.8. The molecule has 0 unspecified atom stereocenters. The highest BCUT2D eigenvalue weighted by Crippen LogP contribution is 2.21. The molecule has 3 N–H and O–H groups in total. The standard InChI is InChI=1S/C16H27N5O2/c1-3-4-7-14(19-16(17)23)15(22)21-8-5-6-13(21)11-20-10-12(2)9-18-20/h9-10,13-14H,3-8,11H2,1-2H3,(H3,17,19,23)/t13-,14-/m0/s1. The van der Waals surface area contributed by atoms with Gasteiger partial charge < -0.3 is 16.0 Å². The van der Waals surface area contributed by atoms with Crippen LogP contribution in [0.25, 0.3) is 0 Å². The smallest absolute Gasteiger partial charge is 0.312 e. The number of aryl methyl sites for hydroxylation is 1. The number of unbranched alkanes of at least 4 members (excludes halogenated alkanes) is 1. The van der Waals surface area contributed by atoms with Gasteiger partial charge in [-0.1, -0.05) is 19.8 Å². The van der Waals surface area contributed by atoms with Crippen molar-refractivity contribution in [3.63, 3.8) is 0 Å². The number of carbonyl (C=O) groups excluding carboxylic acids is 2. The second-order valence-corrected chi connectivity index (χ2v) is 6.27. The molecule has 3 amide bonds. The van der Waals surface area contributed by atoms with Crippen molar-refractivity contribution in [3.05, 3.63) is 18.0 Å². The van der Waals surface area contributed by atoms with Crippen molar-refractivity contribution in [3.8, 4) is 0 Å². The Balaban J connectivity index is 2.03. The monoisotopic (exact) mass is 321 g/mol. The molecule has 1 aromatic rings. The van der Waals surface area contributed by atoms with E-state index >= 15 is 0 Å². The molecule has 1 aliphatic heterocycles. The van der Waals surface area contributed by atoms with Crippen molar-refractivity contribution in [2.75, 3.05) is 6.54 Å². The number of carbonyl (C=O) groups is 2. The Hall–Kier alpha value is -2.05. The summed E-state index contributed by atoms with van der Waals surface area (Å²) in [6.07, 6.45) is 8.22. The van der Waals surface area contributed by atoms with Gasteiger partial charge in [-0.25, -0.2) is 4.79 Å². The van der Waals surface area contributed by atoms with E-state index in [4.69, 9.17) is 5.73 Å². The first-order chi connectivity index (χ1) is 11.0. The number of nitrogens with zero attached hydrogens (tertiary/aromatic N) is 3. The van der Waals surface area contributed by atoms with E-state index in [1.54, 1.807) is 0 Å². The number of hydrogen-bond donors (Lipinski definition) is 2. The van der Waals surface area contributed by atoms with E-state index in [1.807, 2.05) is 28.9 Å². The minimum Gasteiger partial charge on any atom is -0.352 e. The number of hydrogen-bond acceptors (Lipinski definition) is 3. The molecule has 0 bridgehead atoms. The summed E-state index contributed by atoms with van der Waals surface area (Å²) in [5, 5.41) is 6.91. The molecule has 7 heteroatoms. The van der Waals surface area contributed by atoms with Crippen molar-refractivity contribution in [2.24, 2.45) is 5.73 Å². The third kappa shape index (κ3) is 4.71. The Labute approximate surface area is 137 Å². The van der Waals surface area contributed by atoms with E-state index in [0.717, 1.165) is 37.8 Å². The molecular formula is C16H27N5O2. The molecule has 1 aliphatic rings. The van der Waals surface area contributed by atoms with Gasteiger partial charge in [0.2, 0.25) is 5.91 Å². The summed E-state index contributed by atoms with van der Waals surface area (Å²) in [5.74, 6) is -0.0244. The highest BCUT2D eigenvalue weighted by molar-refractivity contribution is 5.86. The zero-order valence-corrected chi connectivity index (χ0v) is 14.0. The van der Waals surface area contributed by atoms with Crippen LogP contribution in [0.1, 0.15) is 44.6 Å². The third-order valence-corrected chi connectivity index (χ3v) is 4.28.